The quantitative estimate of drug-likeness (QED) is 0.824. The molecule has 7 nitrogen and oxygen atoms in total. The van der Waals surface area contributed by atoms with E-state index in [1.807, 2.05) is 13.0 Å². The van der Waals surface area contributed by atoms with Crippen molar-refractivity contribution in [3.63, 3.8) is 0 Å². The fourth-order valence-corrected chi connectivity index (χ4v) is 1.63. The van der Waals surface area contributed by atoms with Gasteiger partial charge in [0, 0.05) is 5.69 Å². The summed E-state index contributed by atoms with van der Waals surface area (Å²) in [6.45, 7) is 2.40. The van der Waals surface area contributed by atoms with Crippen LogP contribution in [0, 0.1) is 6.92 Å². The van der Waals surface area contributed by atoms with Gasteiger partial charge in [-0.3, -0.25) is 0 Å². The minimum Gasteiger partial charge on any atom is -0.465 e. The molecule has 7 heteroatoms. The van der Waals surface area contributed by atoms with Crippen LogP contribution in [-0.4, -0.2) is 33.3 Å². The highest BCUT2D eigenvalue weighted by Gasteiger charge is 2.08. The van der Waals surface area contributed by atoms with Gasteiger partial charge in [-0.25, -0.2) is 4.79 Å². The van der Waals surface area contributed by atoms with E-state index in [0.29, 0.717) is 17.9 Å². The lowest BCUT2D eigenvalue weighted by Gasteiger charge is -2.09. The summed E-state index contributed by atoms with van der Waals surface area (Å²) in [7, 11) is 3.07. The van der Waals surface area contributed by atoms with Gasteiger partial charge in [-0.15, -0.1) is 10.2 Å². The third-order valence-corrected chi connectivity index (χ3v) is 2.65. The fourth-order valence-electron chi connectivity index (χ4n) is 1.63. The molecule has 0 unspecified atom stereocenters. The third-order valence-electron chi connectivity index (χ3n) is 2.65. The summed E-state index contributed by atoms with van der Waals surface area (Å²) in [6, 6.07) is 5.34. The first-order valence-electron chi connectivity index (χ1n) is 5.76. The van der Waals surface area contributed by atoms with Crippen molar-refractivity contribution in [1.82, 2.24) is 20.2 Å². The molecule has 0 aliphatic carbocycles. The molecular weight excluding hydrogens is 246 g/mol. The molecule has 0 radical (unpaired) electrons. The van der Waals surface area contributed by atoms with Crippen LogP contribution in [0.1, 0.15) is 21.7 Å². The first-order chi connectivity index (χ1) is 9.10. The van der Waals surface area contributed by atoms with Crippen molar-refractivity contribution in [1.29, 1.82) is 0 Å². The molecule has 19 heavy (non-hydrogen) atoms. The number of hydrogen-bond donors (Lipinski definition) is 1. The van der Waals surface area contributed by atoms with E-state index in [1.54, 1.807) is 19.2 Å². The number of esters is 1. The summed E-state index contributed by atoms with van der Waals surface area (Å²) in [4.78, 5) is 12.9. The molecule has 0 atom stereocenters. The molecule has 0 aliphatic rings. The molecule has 0 fully saturated rings. The molecule has 1 heterocycles. The normalized spacial score (nSPS) is 10.3. The van der Waals surface area contributed by atoms with E-state index >= 15 is 0 Å². The lowest BCUT2D eigenvalue weighted by atomic mass is 10.1. The van der Waals surface area contributed by atoms with Gasteiger partial charge in [-0.1, -0.05) is 6.07 Å². The van der Waals surface area contributed by atoms with Gasteiger partial charge >= 0.3 is 5.97 Å². The van der Waals surface area contributed by atoms with Crippen molar-refractivity contribution in [2.24, 2.45) is 7.05 Å². The number of carbonyl (C=O) groups is 1. The van der Waals surface area contributed by atoms with E-state index in [2.05, 4.69) is 20.7 Å². The molecule has 100 valence electrons. The number of nitrogens with one attached hydrogen (secondary N) is 1. The highest BCUT2D eigenvalue weighted by molar-refractivity contribution is 5.90. The first-order valence-corrected chi connectivity index (χ1v) is 5.76. The molecule has 0 saturated carbocycles. The highest BCUT2D eigenvalue weighted by atomic mass is 16.5. The van der Waals surface area contributed by atoms with Crippen LogP contribution in [0.3, 0.4) is 0 Å². The minimum atomic E-state index is -0.360. The molecule has 1 aromatic carbocycles. The molecule has 0 spiro atoms. The molecule has 0 amide bonds. The van der Waals surface area contributed by atoms with Gasteiger partial charge in [0.2, 0.25) is 0 Å². The Kier molecular flexibility index (Phi) is 3.74. The molecule has 2 aromatic rings. The molecule has 0 bridgehead atoms. The lowest BCUT2D eigenvalue weighted by Crippen LogP contribution is -2.06. The number of rotatable bonds is 4. The van der Waals surface area contributed by atoms with E-state index in [-0.39, 0.29) is 5.97 Å². The predicted octanol–water partition coefficient (Wildman–Crippen LogP) is 0.917. The summed E-state index contributed by atoms with van der Waals surface area (Å²) in [5.41, 5.74) is 2.37. The second kappa shape index (κ2) is 5.47. The number of hydrogen-bond acceptors (Lipinski definition) is 6. The van der Waals surface area contributed by atoms with Crippen molar-refractivity contribution in [2.75, 3.05) is 12.4 Å². The number of aryl methyl sites for hydroxylation is 2. The summed E-state index contributed by atoms with van der Waals surface area (Å²) >= 11 is 0. The average Bonchev–Trinajstić information content (AvgIpc) is 2.82. The Balaban J connectivity index is 2.12. The van der Waals surface area contributed by atoms with Gasteiger partial charge in [-0.05, 0) is 29.8 Å². The smallest absolute Gasteiger partial charge is 0.337 e. The zero-order valence-corrected chi connectivity index (χ0v) is 11.0. The van der Waals surface area contributed by atoms with E-state index in [4.69, 9.17) is 4.74 Å². The van der Waals surface area contributed by atoms with Crippen molar-refractivity contribution in [2.45, 2.75) is 13.5 Å². The second-order valence-electron chi connectivity index (χ2n) is 4.07. The SMILES string of the molecule is COC(=O)c1ccc(C)c(NCc2nnn(C)n2)c1. The summed E-state index contributed by atoms with van der Waals surface area (Å²) in [6.07, 6.45) is 0. The molecule has 0 saturated heterocycles. The average molecular weight is 261 g/mol. The van der Waals surface area contributed by atoms with Gasteiger partial charge < -0.3 is 10.1 Å². The number of benzene rings is 1. The standard InChI is InChI=1S/C12H15N5O2/c1-8-4-5-9(12(18)19-3)6-10(8)13-7-11-14-16-17(2)15-11/h4-6,13H,7H2,1-3H3. The number of nitrogens with zero attached hydrogens (tertiary/aromatic N) is 4. The van der Waals surface area contributed by atoms with Crippen molar-refractivity contribution in [3.8, 4) is 0 Å². The fraction of sp³-hybridized carbons (Fsp3) is 0.333. The number of methoxy groups -OCH3 is 1. The van der Waals surface area contributed by atoms with Crippen molar-refractivity contribution >= 4 is 11.7 Å². The highest BCUT2D eigenvalue weighted by Crippen LogP contribution is 2.17. The number of aromatic nitrogens is 4. The number of ether oxygens (including phenoxy) is 1. The van der Waals surface area contributed by atoms with Crippen LogP contribution in [-0.2, 0) is 18.3 Å². The Morgan fingerprint density at radius 3 is 2.89 bits per heavy atom. The van der Waals surface area contributed by atoms with Gasteiger partial charge in [0.1, 0.15) is 0 Å². The Labute approximate surface area is 110 Å². The van der Waals surface area contributed by atoms with E-state index in [0.717, 1.165) is 11.3 Å². The van der Waals surface area contributed by atoms with Crippen LogP contribution in [0.5, 0.6) is 0 Å². The van der Waals surface area contributed by atoms with Crippen LogP contribution >= 0.6 is 0 Å². The minimum absolute atomic E-state index is 0.360. The maximum Gasteiger partial charge on any atom is 0.337 e. The van der Waals surface area contributed by atoms with E-state index < -0.39 is 0 Å². The van der Waals surface area contributed by atoms with Crippen LogP contribution in [0.4, 0.5) is 5.69 Å². The number of carbonyl (C=O) groups excluding carboxylic acids is 1. The first kappa shape index (κ1) is 13.0. The number of tetrazole rings is 1. The number of anilines is 1. The Morgan fingerprint density at radius 1 is 1.47 bits per heavy atom. The Hall–Kier alpha value is -2.44. The summed E-state index contributed by atoms with van der Waals surface area (Å²) in [5.74, 6) is 0.228. The zero-order valence-electron chi connectivity index (χ0n) is 11.0. The van der Waals surface area contributed by atoms with E-state index in [1.165, 1.54) is 11.9 Å². The van der Waals surface area contributed by atoms with Crippen LogP contribution in [0.15, 0.2) is 18.2 Å². The van der Waals surface area contributed by atoms with E-state index in [9.17, 15) is 4.79 Å². The summed E-state index contributed by atoms with van der Waals surface area (Å²) in [5, 5.41) is 14.9. The van der Waals surface area contributed by atoms with Crippen molar-refractivity contribution in [3.05, 3.63) is 35.2 Å². The van der Waals surface area contributed by atoms with Crippen LogP contribution in [0.2, 0.25) is 0 Å². The predicted molar refractivity (Wildman–Crippen MR) is 68.6 cm³/mol. The maximum atomic E-state index is 11.5. The molecule has 2 rings (SSSR count). The zero-order chi connectivity index (χ0) is 13.8. The summed E-state index contributed by atoms with van der Waals surface area (Å²) < 4.78 is 4.69. The van der Waals surface area contributed by atoms with Gasteiger partial charge in [0.15, 0.2) is 5.82 Å². The third kappa shape index (κ3) is 3.06. The maximum absolute atomic E-state index is 11.5. The van der Waals surface area contributed by atoms with Gasteiger partial charge in [-0.2, -0.15) is 4.80 Å². The Morgan fingerprint density at radius 2 is 2.26 bits per heavy atom. The second-order valence-corrected chi connectivity index (χ2v) is 4.07. The van der Waals surface area contributed by atoms with Gasteiger partial charge in [0.05, 0.1) is 26.3 Å². The largest absolute Gasteiger partial charge is 0.465 e. The van der Waals surface area contributed by atoms with Crippen LogP contribution in [0.25, 0.3) is 0 Å². The lowest BCUT2D eigenvalue weighted by molar-refractivity contribution is 0.0601. The molecule has 0 aliphatic heterocycles. The molecule has 1 aromatic heterocycles. The van der Waals surface area contributed by atoms with Crippen LogP contribution < -0.4 is 5.32 Å². The topological polar surface area (TPSA) is 81.9 Å². The molecule has 1 N–H and O–H groups in total. The Bertz CT molecular complexity index is 594. The molecular formula is C12H15N5O2. The van der Waals surface area contributed by atoms with Crippen molar-refractivity contribution < 1.29 is 9.53 Å². The monoisotopic (exact) mass is 261 g/mol. The van der Waals surface area contributed by atoms with Gasteiger partial charge in [0.25, 0.3) is 0 Å².